The monoisotopic (exact) mass is 313 g/mol. The van der Waals surface area contributed by atoms with Crippen LogP contribution in [0.1, 0.15) is 24.2 Å². The van der Waals surface area contributed by atoms with Crippen LogP contribution in [0.4, 0.5) is 0 Å². The van der Waals surface area contributed by atoms with Gasteiger partial charge in [0, 0.05) is 19.4 Å². The zero-order chi connectivity index (χ0) is 16.1. The van der Waals surface area contributed by atoms with Gasteiger partial charge in [-0.25, -0.2) is 0 Å². The Morgan fingerprint density at radius 3 is 2.65 bits per heavy atom. The Kier molecular flexibility index (Phi) is 4.76. The van der Waals surface area contributed by atoms with Crippen LogP contribution in [0.2, 0.25) is 0 Å². The SMILES string of the molecule is O=C1CC[C@H](C(=O)N(CCc2ccccc2)Cc2ccco2)O1. The van der Waals surface area contributed by atoms with Gasteiger partial charge in [0.15, 0.2) is 6.10 Å². The second-order valence-corrected chi connectivity index (χ2v) is 5.59. The normalized spacial score (nSPS) is 17.0. The Labute approximate surface area is 134 Å². The lowest BCUT2D eigenvalue weighted by molar-refractivity contribution is -0.153. The highest BCUT2D eigenvalue weighted by molar-refractivity contribution is 5.86. The van der Waals surface area contributed by atoms with Crippen LogP contribution in [-0.4, -0.2) is 29.4 Å². The van der Waals surface area contributed by atoms with E-state index in [1.807, 2.05) is 36.4 Å². The van der Waals surface area contributed by atoms with Crippen molar-refractivity contribution >= 4 is 11.9 Å². The number of esters is 1. The van der Waals surface area contributed by atoms with Gasteiger partial charge in [-0.15, -0.1) is 0 Å². The fraction of sp³-hybridized carbons (Fsp3) is 0.333. The van der Waals surface area contributed by atoms with E-state index in [1.54, 1.807) is 17.2 Å². The number of amides is 1. The predicted molar refractivity (Wildman–Crippen MR) is 83.4 cm³/mol. The summed E-state index contributed by atoms with van der Waals surface area (Å²) in [6.07, 6.45) is 2.44. The van der Waals surface area contributed by atoms with Gasteiger partial charge in [-0.1, -0.05) is 30.3 Å². The van der Waals surface area contributed by atoms with Crippen molar-refractivity contribution in [3.05, 3.63) is 60.1 Å². The lowest BCUT2D eigenvalue weighted by atomic mass is 10.1. The molecule has 1 aromatic carbocycles. The van der Waals surface area contributed by atoms with Crippen molar-refractivity contribution in [2.24, 2.45) is 0 Å². The molecule has 5 nitrogen and oxygen atoms in total. The van der Waals surface area contributed by atoms with Gasteiger partial charge in [0.2, 0.25) is 0 Å². The first-order valence-corrected chi connectivity index (χ1v) is 7.77. The fourth-order valence-electron chi connectivity index (χ4n) is 2.67. The number of hydrogen-bond donors (Lipinski definition) is 0. The quantitative estimate of drug-likeness (QED) is 0.769. The lowest BCUT2D eigenvalue weighted by Gasteiger charge is -2.24. The van der Waals surface area contributed by atoms with Gasteiger partial charge in [0.05, 0.1) is 12.8 Å². The summed E-state index contributed by atoms with van der Waals surface area (Å²) >= 11 is 0. The second kappa shape index (κ2) is 7.13. The Morgan fingerprint density at radius 1 is 1.17 bits per heavy atom. The van der Waals surface area contributed by atoms with E-state index in [-0.39, 0.29) is 11.9 Å². The maximum absolute atomic E-state index is 12.6. The van der Waals surface area contributed by atoms with Crippen LogP contribution in [0.3, 0.4) is 0 Å². The van der Waals surface area contributed by atoms with Crippen LogP contribution in [0.5, 0.6) is 0 Å². The average molecular weight is 313 g/mol. The lowest BCUT2D eigenvalue weighted by Crippen LogP contribution is -2.39. The van der Waals surface area contributed by atoms with Gasteiger partial charge in [0.1, 0.15) is 5.76 Å². The Hall–Kier alpha value is -2.56. The van der Waals surface area contributed by atoms with E-state index < -0.39 is 6.10 Å². The molecule has 5 heteroatoms. The first-order valence-electron chi connectivity index (χ1n) is 7.77. The Balaban J connectivity index is 1.68. The number of benzene rings is 1. The van der Waals surface area contributed by atoms with Crippen molar-refractivity contribution in [3.8, 4) is 0 Å². The summed E-state index contributed by atoms with van der Waals surface area (Å²) in [5.41, 5.74) is 1.16. The molecule has 0 spiro atoms. The van der Waals surface area contributed by atoms with E-state index in [0.717, 1.165) is 17.7 Å². The predicted octanol–water partition coefficient (Wildman–Crippen LogP) is 2.56. The molecule has 0 saturated carbocycles. The first kappa shape index (κ1) is 15.3. The molecule has 120 valence electrons. The number of rotatable bonds is 6. The molecule has 1 aromatic heterocycles. The highest BCUT2D eigenvalue weighted by atomic mass is 16.6. The molecule has 1 amide bonds. The first-order chi connectivity index (χ1) is 11.2. The zero-order valence-corrected chi connectivity index (χ0v) is 12.8. The molecule has 3 rings (SSSR count). The molecule has 0 radical (unpaired) electrons. The molecule has 0 unspecified atom stereocenters. The molecule has 0 bridgehead atoms. The van der Waals surface area contributed by atoms with Gasteiger partial charge >= 0.3 is 5.97 Å². The number of nitrogens with zero attached hydrogens (tertiary/aromatic N) is 1. The van der Waals surface area contributed by atoms with E-state index in [1.165, 1.54) is 0 Å². The molecule has 2 heterocycles. The number of cyclic esters (lactones) is 1. The van der Waals surface area contributed by atoms with E-state index in [9.17, 15) is 9.59 Å². The molecule has 1 fully saturated rings. The average Bonchev–Trinajstić information content (AvgIpc) is 3.23. The summed E-state index contributed by atoms with van der Waals surface area (Å²) in [5, 5.41) is 0. The summed E-state index contributed by atoms with van der Waals surface area (Å²) in [5.74, 6) is 0.267. The third-order valence-electron chi connectivity index (χ3n) is 3.91. The summed E-state index contributed by atoms with van der Waals surface area (Å²) < 4.78 is 10.5. The van der Waals surface area contributed by atoms with Gasteiger partial charge in [-0.2, -0.15) is 0 Å². The summed E-state index contributed by atoms with van der Waals surface area (Å²) in [6, 6.07) is 13.6. The summed E-state index contributed by atoms with van der Waals surface area (Å²) in [6.45, 7) is 0.935. The van der Waals surface area contributed by atoms with Crippen molar-refractivity contribution in [3.63, 3.8) is 0 Å². The van der Waals surface area contributed by atoms with Crippen molar-refractivity contribution < 1.29 is 18.7 Å². The van der Waals surface area contributed by atoms with Gasteiger partial charge in [-0.3, -0.25) is 9.59 Å². The smallest absolute Gasteiger partial charge is 0.306 e. The topological polar surface area (TPSA) is 59.8 Å². The van der Waals surface area contributed by atoms with Crippen LogP contribution in [0, 0.1) is 0 Å². The van der Waals surface area contributed by atoms with E-state index >= 15 is 0 Å². The number of carbonyl (C=O) groups excluding carboxylic acids is 2. The molecule has 0 N–H and O–H groups in total. The van der Waals surface area contributed by atoms with Gasteiger partial charge in [0.25, 0.3) is 5.91 Å². The highest BCUT2D eigenvalue weighted by Gasteiger charge is 2.33. The van der Waals surface area contributed by atoms with Crippen molar-refractivity contribution in [1.82, 2.24) is 4.90 Å². The third kappa shape index (κ3) is 4.00. The van der Waals surface area contributed by atoms with Crippen LogP contribution in [0.15, 0.2) is 53.1 Å². The van der Waals surface area contributed by atoms with E-state index in [2.05, 4.69) is 0 Å². The maximum Gasteiger partial charge on any atom is 0.306 e. The minimum Gasteiger partial charge on any atom is -0.467 e. The summed E-state index contributed by atoms with van der Waals surface area (Å²) in [7, 11) is 0. The van der Waals surface area contributed by atoms with Crippen LogP contribution in [0.25, 0.3) is 0 Å². The molecule has 2 aromatic rings. The van der Waals surface area contributed by atoms with Gasteiger partial charge < -0.3 is 14.1 Å². The van der Waals surface area contributed by atoms with Crippen LogP contribution < -0.4 is 0 Å². The molecule has 1 aliphatic heterocycles. The molecular weight excluding hydrogens is 294 g/mol. The Bertz CT molecular complexity index is 651. The highest BCUT2D eigenvalue weighted by Crippen LogP contribution is 2.18. The molecule has 1 saturated heterocycles. The summed E-state index contributed by atoms with van der Waals surface area (Å²) in [4.78, 5) is 25.6. The molecule has 1 aliphatic rings. The second-order valence-electron chi connectivity index (χ2n) is 5.59. The van der Waals surface area contributed by atoms with Crippen LogP contribution in [-0.2, 0) is 27.3 Å². The maximum atomic E-state index is 12.6. The van der Waals surface area contributed by atoms with Crippen molar-refractivity contribution in [2.75, 3.05) is 6.54 Å². The van der Waals surface area contributed by atoms with Gasteiger partial charge in [-0.05, 0) is 24.1 Å². The minimum absolute atomic E-state index is 0.150. The molecular formula is C18H19NO4. The number of hydrogen-bond acceptors (Lipinski definition) is 4. The van der Waals surface area contributed by atoms with E-state index in [4.69, 9.17) is 9.15 Å². The zero-order valence-electron chi connectivity index (χ0n) is 12.8. The number of ether oxygens (including phenoxy) is 1. The molecule has 0 aliphatic carbocycles. The number of carbonyl (C=O) groups is 2. The molecule has 23 heavy (non-hydrogen) atoms. The van der Waals surface area contributed by atoms with Crippen molar-refractivity contribution in [1.29, 1.82) is 0 Å². The fourth-order valence-corrected chi connectivity index (χ4v) is 2.67. The van der Waals surface area contributed by atoms with E-state index in [0.29, 0.717) is 25.9 Å². The molecule has 1 atom stereocenters. The largest absolute Gasteiger partial charge is 0.467 e. The minimum atomic E-state index is -0.659. The number of furan rings is 1. The third-order valence-corrected chi connectivity index (χ3v) is 3.91. The standard InChI is InChI=1S/C18H19NO4/c20-17-9-8-16(23-17)18(21)19(13-15-7-4-12-22-15)11-10-14-5-2-1-3-6-14/h1-7,12,16H,8-11,13H2/t16-/m1/s1. The van der Waals surface area contributed by atoms with Crippen molar-refractivity contribution in [2.45, 2.75) is 31.9 Å². The Morgan fingerprint density at radius 2 is 2.00 bits per heavy atom. The van der Waals surface area contributed by atoms with Crippen LogP contribution >= 0.6 is 0 Å².